The van der Waals surface area contributed by atoms with Crippen molar-refractivity contribution >= 4 is 25.7 Å². The van der Waals surface area contributed by atoms with Gasteiger partial charge in [0.25, 0.3) is 0 Å². The number of nitrogens with one attached hydrogen (secondary N) is 1. The second-order valence-corrected chi connectivity index (χ2v) is 18.5. The van der Waals surface area contributed by atoms with Gasteiger partial charge in [0, 0.05) is 12.8 Å². The van der Waals surface area contributed by atoms with Gasteiger partial charge in [-0.15, -0.1) is 0 Å². The van der Waals surface area contributed by atoms with E-state index in [-0.39, 0.29) is 12.8 Å². The van der Waals surface area contributed by atoms with Gasteiger partial charge < -0.3 is 25.2 Å². The molecule has 3 unspecified atom stereocenters. The van der Waals surface area contributed by atoms with E-state index in [0.29, 0.717) is 12.8 Å². The summed E-state index contributed by atoms with van der Waals surface area (Å²) in [6.07, 6.45) is 47.7. The number of unbranched alkanes of at least 4 members (excludes halogenated alkanes) is 29. The van der Waals surface area contributed by atoms with Crippen molar-refractivity contribution < 1.29 is 47.8 Å². The summed E-state index contributed by atoms with van der Waals surface area (Å²) in [7, 11) is -4.76. The smallest absolute Gasteiger partial charge is 0.472 e. The molecule has 0 aliphatic heterocycles. The normalized spacial score (nSPS) is 13.8. The molecule has 0 aromatic carbocycles. The third-order valence-corrected chi connectivity index (χ3v) is 11.9. The summed E-state index contributed by atoms with van der Waals surface area (Å²) in [5.74, 6) is -2.37. The lowest BCUT2D eigenvalue weighted by Crippen LogP contribution is -2.43. The zero-order valence-corrected chi connectivity index (χ0v) is 39.9. The molecule has 0 bridgehead atoms. The van der Waals surface area contributed by atoms with Gasteiger partial charge in [0.2, 0.25) is 5.91 Å². The molecule has 0 heterocycles. The monoisotopic (exact) mass is 886 g/mol. The number of carboxylic acids is 1. The van der Waals surface area contributed by atoms with Gasteiger partial charge in [0.05, 0.1) is 13.2 Å². The van der Waals surface area contributed by atoms with Crippen LogP contribution in [0.15, 0.2) is 24.3 Å². The van der Waals surface area contributed by atoms with Crippen molar-refractivity contribution in [3.05, 3.63) is 24.3 Å². The van der Waals surface area contributed by atoms with Gasteiger partial charge in [0.15, 0.2) is 6.04 Å². The third-order valence-electron chi connectivity index (χ3n) is 11.0. The summed E-state index contributed by atoms with van der Waals surface area (Å²) in [5.41, 5.74) is 0. The Morgan fingerprint density at radius 2 is 0.902 bits per heavy atom. The second kappa shape index (κ2) is 44.6. The van der Waals surface area contributed by atoms with Crippen LogP contribution in [0.25, 0.3) is 0 Å². The number of aliphatic carboxylic acids is 1. The average Bonchev–Trinajstić information content (AvgIpc) is 3.24. The number of carboxylic acid groups (broad SMARTS) is 1. The topological polar surface area (TPSA) is 169 Å². The Kier molecular flexibility index (Phi) is 43.1. The van der Waals surface area contributed by atoms with Crippen LogP contribution in [0, 0.1) is 0 Å². The maximum absolute atomic E-state index is 12.4. The van der Waals surface area contributed by atoms with E-state index in [0.717, 1.165) is 57.8 Å². The Morgan fingerprint density at radius 1 is 0.525 bits per heavy atom. The lowest BCUT2D eigenvalue weighted by molar-refractivity contribution is -0.147. The highest BCUT2D eigenvalue weighted by molar-refractivity contribution is 7.47. The van der Waals surface area contributed by atoms with Crippen LogP contribution in [0.2, 0.25) is 0 Å². The van der Waals surface area contributed by atoms with Gasteiger partial charge in [-0.3, -0.25) is 18.6 Å². The van der Waals surface area contributed by atoms with Crippen LogP contribution in [-0.4, -0.2) is 64.9 Å². The fraction of sp³-hybridized carbons (Fsp3) is 0.857. The number of amides is 1. The first-order valence-corrected chi connectivity index (χ1v) is 26.4. The van der Waals surface area contributed by atoms with Crippen molar-refractivity contribution in [2.75, 3.05) is 19.8 Å². The molecule has 61 heavy (non-hydrogen) atoms. The Hall–Kier alpha value is -2.04. The van der Waals surface area contributed by atoms with E-state index in [4.69, 9.17) is 13.8 Å². The highest BCUT2D eigenvalue weighted by atomic mass is 31.2. The number of carbonyl (C=O) groups is 3. The largest absolute Gasteiger partial charge is 0.480 e. The van der Waals surface area contributed by atoms with E-state index in [9.17, 15) is 34.1 Å². The van der Waals surface area contributed by atoms with E-state index in [1.807, 2.05) is 0 Å². The number of hydrogen-bond donors (Lipinski definition) is 4. The van der Waals surface area contributed by atoms with Gasteiger partial charge in [-0.05, 0) is 44.9 Å². The fourth-order valence-electron chi connectivity index (χ4n) is 7.11. The number of hydrogen-bond acceptors (Lipinski definition) is 8. The van der Waals surface area contributed by atoms with E-state index < -0.39 is 57.6 Å². The summed E-state index contributed by atoms with van der Waals surface area (Å²) < 4.78 is 26.9. The van der Waals surface area contributed by atoms with Gasteiger partial charge in [0.1, 0.15) is 12.7 Å². The molecule has 0 aliphatic rings. The number of aliphatic hydroxyl groups is 1. The molecule has 0 aromatic heterocycles. The Bertz CT molecular complexity index is 1130. The maximum atomic E-state index is 12.4. The Morgan fingerprint density at radius 3 is 1.34 bits per heavy atom. The van der Waals surface area contributed by atoms with Crippen LogP contribution in [0.3, 0.4) is 0 Å². The van der Waals surface area contributed by atoms with Crippen LogP contribution in [-0.2, 0) is 32.7 Å². The van der Waals surface area contributed by atoms with Crippen molar-refractivity contribution in [2.45, 2.75) is 251 Å². The molecule has 12 heteroatoms. The number of ether oxygens (including phenoxy) is 1. The minimum absolute atomic E-state index is 0.149. The molecule has 0 aromatic rings. The number of aliphatic hydroxyl groups excluding tert-OH is 1. The molecule has 11 nitrogen and oxygen atoms in total. The molecule has 0 aliphatic carbocycles. The number of phosphoric ester groups is 1. The van der Waals surface area contributed by atoms with Crippen molar-refractivity contribution in [1.82, 2.24) is 5.32 Å². The molecule has 0 rings (SSSR count). The lowest BCUT2D eigenvalue weighted by atomic mass is 10.0. The molecule has 0 radical (unpaired) electrons. The summed E-state index contributed by atoms with van der Waals surface area (Å²) in [4.78, 5) is 46.1. The van der Waals surface area contributed by atoms with Crippen LogP contribution >= 0.6 is 7.82 Å². The van der Waals surface area contributed by atoms with Gasteiger partial charge in [-0.25, -0.2) is 9.36 Å². The van der Waals surface area contributed by atoms with Crippen LogP contribution < -0.4 is 5.32 Å². The third kappa shape index (κ3) is 44.4. The standard InChI is InChI=1S/C49H92NO10P/c1-3-5-7-9-11-13-15-17-19-21-22-23-24-25-26-28-30-32-34-36-38-40-47(52)50-46(49(54)55)44-60-61(56,57)59-43-45(51)42-58-48(53)41-39-37-35-33-31-29-27-20-18-16-14-12-10-8-6-4-2/h14,16,20,27,45-46,51H,3-13,15,17-19,21-26,28-44H2,1-2H3,(H,50,52)(H,54,55)(H,56,57)/b16-14-,27-20-. The second-order valence-electron chi connectivity index (χ2n) is 17.0. The molecule has 0 spiro atoms. The fourth-order valence-corrected chi connectivity index (χ4v) is 7.88. The number of allylic oxidation sites excluding steroid dienone is 4. The summed E-state index contributed by atoms with van der Waals surface area (Å²) in [6.45, 7) is 2.60. The zero-order valence-electron chi connectivity index (χ0n) is 39.0. The Balaban J connectivity index is 3.83. The quantitative estimate of drug-likeness (QED) is 0.0200. The van der Waals surface area contributed by atoms with E-state index in [1.54, 1.807) is 0 Å². The Labute approximate surface area is 372 Å². The predicted molar refractivity (Wildman–Crippen MR) is 249 cm³/mol. The van der Waals surface area contributed by atoms with E-state index in [1.165, 1.54) is 141 Å². The highest BCUT2D eigenvalue weighted by Crippen LogP contribution is 2.43. The SMILES string of the molecule is CCCCCC/C=C\C/C=C\CCCCCCCC(=O)OCC(O)COP(=O)(O)OCC(NC(=O)CCCCCCCCCCCCCCCCCCCCCCC)C(=O)O. The van der Waals surface area contributed by atoms with Crippen LogP contribution in [0.1, 0.15) is 239 Å². The van der Waals surface area contributed by atoms with Gasteiger partial charge in [-0.1, -0.05) is 205 Å². The van der Waals surface area contributed by atoms with Crippen molar-refractivity contribution in [3.8, 4) is 0 Å². The van der Waals surface area contributed by atoms with E-state index >= 15 is 0 Å². The summed E-state index contributed by atoms with van der Waals surface area (Å²) in [6, 6.07) is -1.55. The van der Waals surface area contributed by atoms with Crippen LogP contribution in [0.5, 0.6) is 0 Å². The minimum atomic E-state index is -4.76. The van der Waals surface area contributed by atoms with E-state index in [2.05, 4.69) is 43.5 Å². The van der Waals surface area contributed by atoms with Gasteiger partial charge in [-0.2, -0.15) is 0 Å². The molecule has 3 atom stereocenters. The summed E-state index contributed by atoms with van der Waals surface area (Å²) >= 11 is 0. The number of esters is 1. The highest BCUT2D eigenvalue weighted by Gasteiger charge is 2.28. The summed E-state index contributed by atoms with van der Waals surface area (Å²) in [5, 5.41) is 21.9. The lowest BCUT2D eigenvalue weighted by Gasteiger charge is -2.18. The maximum Gasteiger partial charge on any atom is 0.472 e. The molecule has 0 saturated heterocycles. The van der Waals surface area contributed by atoms with Gasteiger partial charge >= 0.3 is 19.8 Å². The molecule has 1 amide bonds. The number of phosphoric acid groups is 1. The molecule has 358 valence electrons. The van der Waals surface area contributed by atoms with Crippen LogP contribution in [0.4, 0.5) is 0 Å². The first-order chi connectivity index (χ1) is 29.6. The number of rotatable bonds is 47. The first kappa shape index (κ1) is 59.0. The molecule has 4 N–H and O–H groups in total. The van der Waals surface area contributed by atoms with Crippen molar-refractivity contribution in [1.29, 1.82) is 0 Å². The number of carbonyl (C=O) groups excluding carboxylic acids is 2. The zero-order chi connectivity index (χ0) is 44.9. The average molecular weight is 886 g/mol. The molecule has 0 fully saturated rings. The molecule has 0 saturated carbocycles. The predicted octanol–water partition coefficient (Wildman–Crippen LogP) is 13.4. The molecular weight excluding hydrogens is 794 g/mol. The first-order valence-electron chi connectivity index (χ1n) is 24.9. The van der Waals surface area contributed by atoms with Crippen molar-refractivity contribution in [3.63, 3.8) is 0 Å². The van der Waals surface area contributed by atoms with Crippen molar-refractivity contribution in [2.24, 2.45) is 0 Å². The molecular formula is C49H92NO10P. The minimum Gasteiger partial charge on any atom is -0.480 e.